The molecule has 0 aliphatic carbocycles. The molecule has 0 unspecified atom stereocenters. The van der Waals surface area contributed by atoms with Crippen molar-refractivity contribution >= 4 is 30.7 Å². The van der Waals surface area contributed by atoms with Gasteiger partial charge in [-0.05, 0) is 33.7 Å². The van der Waals surface area contributed by atoms with Crippen molar-refractivity contribution in [1.29, 1.82) is 0 Å². The molecule has 1 aromatic heterocycles. The molecule has 0 radical (unpaired) electrons. The second-order valence-electron chi connectivity index (χ2n) is 11.7. The first-order valence-electron chi connectivity index (χ1n) is 15.3. The monoisotopic (exact) mass is 723 g/mol. The fourth-order valence-corrected chi connectivity index (χ4v) is 7.00. The van der Waals surface area contributed by atoms with Gasteiger partial charge < -0.3 is 19.5 Å². The maximum Gasteiger partial charge on any atom is 0.453 e. The number of hydrogen-bond acceptors (Lipinski definition) is 9. The highest BCUT2D eigenvalue weighted by Crippen LogP contribution is 2.40. The van der Waals surface area contributed by atoms with Crippen molar-refractivity contribution in [2.45, 2.75) is 30.7 Å². The van der Waals surface area contributed by atoms with Crippen molar-refractivity contribution in [3.8, 4) is 17.2 Å². The largest absolute Gasteiger partial charge is 0.496 e. The molecule has 1 N–H and O–H groups in total. The maximum absolute atomic E-state index is 13.8. The molecular formula is C33H38Cl2F3N7O4. The highest BCUT2D eigenvalue weighted by atomic mass is 35.5. The van der Waals surface area contributed by atoms with Gasteiger partial charge in [-0.25, -0.2) is 0 Å². The average molecular weight is 725 g/mol. The van der Waals surface area contributed by atoms with Crippen LogP contribution < -0.4 is 9.47 Å². The number of ether oxygens (including phenoxy) is 2. The predicted octanol–water partition coefficient (Wildman–Crippen LogP) is 4.06. The van der Waals surface area contributed by atoms with Crippen molar-refractivity contribution in [2.75, 3.05) is 53.6 Å². The Kier molecular flexibility index (Phi) is 12.5. The van der Waals surface area contributed by atoms with Crippen LogP contribution >= 0.6 is 24.8 Å². The second kappa shape index (κ2) is 16.2. The zero-order valence-electron chi connectivity index (χ0n) is 26.9. The third-order valence-electron chi connectivity index (χ3n) is 9.01. The lowest BCUT2D eigenvalue weighted by atomic mass is 9.81. The molecule has 2 saturated heterocycles. The fraction of sp³-hybridized carbons (Fsp3) is 0.394. The van der Waals surface area contributed by atoms with Crippen molar-refractivity contribution < 1.29 is 32.5 Å². The number of carbonyl (C=O) groups excluding carboxylic acids is 1. The molecule has 2 aliphatic heterocycles. The van der Waals surface area contributed by atoms with E-state index in [-0.39, 0.29) is 66.7 Å². The van der Waals surface area contributed by atoms with E-state index in [0.29, 0.717) is 48.7 Å². The third kappa shape index (κ3) is 7.78. The Morgan fingerprint density at radius 2 is 1.57 bits per heavy atom. The highest BCUT2D eigenvalue weighted by molar-refractivity contribution is 5.85. The number of aliphatic hydroxyl groups is 1. The number of aromatic nitrogens is 4. The first-order chi connectivity index (χ1) is 22.7. The number of tetrazole rings is 1. The van der Waals surface area contributed by atoms with Crippen LogP contribution in [0.2, 0.25) is 0 Å². The smallest absolute Gasteiger partial charge is 0.453 e. The van der Waals surface area contributed by atoms with Gasteiger partial charge in [0.05, 0.1) is 19.8 Å². The number of carbonyl (C=O) groups is 1. The van der Waals surface area contributed by atoms with E-state index in [1.54, 1.807) is 11.0 Å². The quantitative estimate of drug-likeness (QED) is 0.274. The maximum atomic E-state index is 13.8. The summed E-state index contributed by atoms with van der Waals surface area (Å²) < 4.78 is 53.5. The van der Waals surface area contributed by atoms with Gasteiger partial charge in [0.25, 0.3) is 5.82 Å². The predicted molar refractivity (Wildman–Crippen MR) is 180 cm³/mol. The van der Waals surface area contributed by atoms with Crippen LogP contribution in [0.15, 0.2) is 72.8 Å². The highest BCUT2D eigenvalue weighted by Gasteiger charge is 2.44. The third-order valence-corrected chi connectivity index (χ3v) is 9.01. The number of amides is 1. The molecule has 2 atom stereocenters. The van der Waals surface area contributed by atoms with Crippen LogP contribution in [0.25, 0.3) is 5.69 Å². The van der Waals surface area contributed by atoms with E-state index in [9.17, 15) is 23.1 Å². The summed E-state index contributed by atoms with van der Waals surface area (Å²) in [7, 11) is 2.89. The standard InChI is InChI=1S/C33H36F3N7O4.2ClH/c1-46-28-14-13-26(43-32(33(34,35)36)37-38-39-43)31(47-2)25(28)19-40-17-24-18-41(29(45)21-44)15-16-42(24)27(20-40)30(22-9-5-3-6-10-22)23-11-7-4-8-12-23;;/h3-14,24,27,30,44H,15-21H2,1-2H3;2*1H/t24-,27+;;/m1../s1. The number of benzene rings is 3. The van der Waals surface area contributed by atoms with Crippen LogP contribution in [0.3, 0.4) is 0 Å². The number of rotatable bonds is 9. The van der Waals surface area contributed by atoms with Crippen LogP contribution in [0, 0.1) is 0 Å². The van der Waals surface area contributed by atoms with Crippen LogP contribution in [-0.4, -0.2) is 112 Å². The number of methoxy groups -OCH3 is 2. The molecule has 49 heavy (non-hydrogen) atoms. The van der Waals surface area contributed by atoms with E-state index in [2.05, 4.69) is 49.6 Å². The summed E-state index contributed by atoms with van der Waals surface area (Å²) in [6, 6.07) is 23.5. The average Bonchev–Trinajstić information content (AvgIpc) is 3.59. The Balaban J connectivity index is 0.00000270. The van der Waals surface area contributed by atoms with Crippen LogP contribution in [-0.2, 0) is 17.5 Å². The van der Waals surface area contributed by atoms with Crippen LogP contribution in [0.5, 0.6) is 11.5 Å². The number of nitrogens with zero attached hydrogens (tertiary/aromatic N) is 7. The Morgan fingerprint density at radius 1 is 0.918 bits per heavy atom. The molecule has 16 heteroatoms. The Labute approximate surface area is 294 Å². The molecule has 3 heterocycles. The first-order valence-corrected chi connectivity index (χ1v) is 15.3. The molecule has 2 fully saturated rings. The van der Waals surface area contributed by atoms with Gasteiger partial charge in [-0.15, -0.1) is 29.9 Å². The zero-order valence-corrected chi connectivity index (χ0v) is 28.5. The molecule has 1 amide bonds. The lowest BCUT2D eigenvalue weighted by Gasteiger charge is -2.53. The van der Waals surface area contributed by atoms with Crippen molar-refractivity contribution in [3.05, 3.63) is 95.3 Å². The van der Waals surface area contributed by atoms with E-state index < -0.39 is 18.6 Å². The number of halogens is 5. The molecular weight excluding hydrogens is 686 g/mol. The minimum absolute atomic E-state index is 0. The Hall–Kier alpha value is -3.95. The topological polar surface area (TPSA) is 109 Å². The summed E-state index contributed by atoms with van der Waals surface area (Å²) in [4.78, 5) is 19.0. The van der Waals surface area contributed by atoms with Crippen molar-refractivity contribution in [3.63, 3.8) is 0 Å². The molecule has 11 nitrogen and oxygen atoms in total. The summed E-state index contributed by atoms with van der Waals surface area (Å²) in [5.74, 6) is -1.02. The number of fused-ring (bicyclic) bond motifs is 1. The van der Waals surface area contributed by atoms with Gasteiger partial charge in [0, 0.05) is 57.3 Å². The van der Waals surface area contributed by atoms with Crippen molar-refractivity contribution in [1.82, 2.24) is 34.9 Å². The van der Waals surface area contributed by atoms with E-state index in [4.69, 9.17) is 9.47 Å². The molecule has 0 saturated carbocycles. The van der Waals surface area contributed by atoms with E-state index in [1.165, 1.54) is 20.3 Å². The number of hydrogen-bond donors (Lipinski definition) is 1. The lowest BCUT2D eigenvalue weighted by Crippen LogP contribution is -2.67. The van der Waals surface area contributed by atoms with Crippen LogP contribution in [0.4, 0.5) is 13.2 Å². The van der Waals surface area contributed by atoms with E-state index in [0.717, 1.165) is 11.1 Å². The fourth-order valence-electron chi connectivity index (χ4n) is 7.00. The summed E-state index contributed by atoms with van der Waals surface area (Å²) in [5, 5.41) is 19.7. The Morgan fingerprint density at radius 3 is 2.14 bits per heavy atom. The molecule has 0 spiro atoms. The zero-order chi connectivity index (χ0) is 33.1. The van der Waals surface area contributed by atoms with Crippen LogP contribution in [0.1, 0.15) is 28.4 Å². The van der Waals surface area contributed by atoms with Gasteiger partial charge in [-0.1, -0.05) is 60.7 Å². The van der Waals surface area contributed by atoms with Gasteiger partial charge in [0.1, 0.15) is 18.0 Å². The first kappa shape index (κ1) is 37.9. The van der Waals surface area contributed by atoms with Gasteiger partial charge in [-0.2, -0.15) is 17.9 Å². The summed E-state index contributed by atoms with van der Waals surface area (Å²) in [6.07, 6.45) is -4.79. The number of alkyl halides is 3. The number of piperazine rings is 2. The minimum Gasteiger partial charge on any atom is -0.496 e. The molecule has 4 aromatic rings. The molecule has 6 rings (SSSR count). The SMILES string of the molecule is COc1ccc(-n2nnnc2C(F)(F)F)c(OC)c1CN1C[C@@H]2CN(C(=O)CO)CCN2[C@H](C(c2ccccc2)c2ccccc2)C1.Cl.Cl. The molecule has 2 aliphatic rings. The summed E-state index contributed by atoms with van der Waals surface area (Å²) in [6.45, 7) is 2.43. The minimum atomic E-state index is -4.79. The summed E-state index contributed by atoms with van der Waals surface area (Å²) in [5.41, 5.74) is 2.86. The Bertz CT molecular complexity index is 1640. The number of aliphatic hydroxyl groups excluding tert-OH is 1. The second-order valence-corrected chi connectivity index (χ2v) is 11.7. The van der Waals surface area contributed by atoms with E-state index in [1.807, 2.05) is 36.4 Å². The van der Waals surface area contributed by atoms with Gasteiger partial charge in [0.15, 0.2) is 5.75 Å². The van der Waals surface area contributed by atoms with Crippen molar-refractivity contribution in [2.24, 2.45) is 0 Å². The summed E-state index contributed by atoms with van der Waals surface area (Å²) >= 11 is 0. The normalized spacial score (nSPS) is 18.3. The van der Waals surface area contributed by atoms with E-state index >= 15 is 0 Å². The van der Waals surface area contributed by atoms with Gasteiger partial charge in [0.2, 0.25) is 5.91 Å². The van der Waals surface area contributed by atoms with Gasteiger partial charge in [-0.3, -0.25) is 14.6 Å². The molecule has 0 bridgehead atoms. The lowest BCUT2D eigenvalue weighted by molar-refractivity contribution is -0.146. The molecule has 264 valence electrons. The molecule has 3 aromatic carbocycles. The van der Waals surface area contributed by atoms with Gasteiger partial charge >= 0.3 is 6.18 Å².